The molecule has 0 saturated carbocycles. The molecule has 0 fully saturated rings. The molecule has 0 radical (unpaired) electrons. The molecule has 0 N–H and O–H groups in total. The first kappa shape index (κ1) is 19.4. The topological polar surface area (TPSA) is 58.6 Å². The minimum Gasteiger partial charge on any atom is -0.435 e. The van der Waals surface area contributed by atoms with E-state index >= 15 is 0 Å². The van der Waals surface area contributed by atoms with Gasteiger partial charge in [0.1, 0.15) is 5.75 Å². The first-order valence-corrected chi connectivity index (χ1v) is 9.06. The van der Waals surface area contributed by atoms with Crippen molar-refractivity contribution >= 4 is 34.1 Å². The van der Waals surface area contributed by atoms with Crippen LogP contribution in [-0.2, 0) is 11.3 Å². The zero-order chi connectivity index (χ0) is 18.4. The number of halogens is 2. The molecule has 25 heavy (non-hydrogen) atoms. The number of anilines is 1. The molecule has 10 heteroatoms. The lowest BCUT2D eigenvalue weighted by molar-refractivity contribution is -0.127. The third-order valence-corrected chi connectivity index (χ3v) is 5.30. The highest BCUT2D eigenvalue weighted by Crippen LogP contribution is 2.27. The molecule has 0 aliphatic carbocycles. The molecule has 2 rings (SSSR count). The fraction of sp³-hybridized carbons (Fsp3) is 0.400. The van der Waals surface area contributed by atoms with Gasteiger partial charge in [-0.05, 0) is 17.7 Å². The summed E-state index contributed by atoms with van der Waals surface area (Å²) >= 11 is 2.76. The van der Waals surface area contributed by atoms with Gasteiger partial charge in [-0.25, -0.2) is 0 Å². The van der Waals surface area contributed by atoms with Crippen LogP contribution in [0, 0.1) is 0 Å². The summed E-state index contributed by atoms with van der Waals surface area (Å²) in [7, 11) is 5.45. The van der Waals surface area contributed by atoms with E-state index in [1.807, 2.05) is 19.0 Å². The van der Waals surface area contributed by atoms with Crippen molar-refractivity contribution in [1.29, 1.82) is 0 Å². The van der Waals surface area contributed by atoms with Crippen LogP contribution in [0.25, 0.3) is 0 Å². The third kappa shape index (κ3) is 6.13. The van der Waals surface area contributed by atoms with Crippen LogP contribution in [0.15, 0.2) is 28.6 Å². The maximum absolute atomic E-state index is 12.2. The van der Waals surface area contributed by atoms with Crippen LogP contribution in [0.1, 0.15) is 5.56 Å². The number of carbonyl (C=O) groups is 1. The summed E-state index contributed by atoms with van der Waals surface area (Å²) in [6.07, 6.45) is 0. The Bertz CT molecular complexity index is 695. The van der Waals surface area contributed by atoms with Gasteiger partial charge in [0.2, 0.25) is 11.0 Å². The highest BCUT2D eigenvalue weighted by molar-refractivity contribution is 8.01. The first-order chi connectivity index (χ1) is 11.8. The molecule has 2 aromatic rings. The Morgan fingerprint density at radius 1 is 1.24 bits per heavy atom. The SMILES string of the molecule is CN(Cc1ccc(OC(F)F)cc1)C(=O)CSc1nnc(N(C)C)s1. The van der Waals surface area contributed by atoms with E-state index in [9.17, 15) is 13.6 Å². The van der Waals surface area contributed by atoms with E-state index in [1.165, 1.54) is 35.2 Å². The largest absolute Gasteiger partial charge is 0.435 e. The molecule has 0 aliphatic heterocycles. The van der Waals surface area contributed by atoms with Gasteiger partial charge in [0.05, 0.1) is 5.75 Å². The average molecular weight is 388 g/mol. The lowest BCUT2D eigenvalue weighted by atomic mass is 10.2. The summed E-state index contributed by atoms with van der Waals surface area (Å²) in [5.41, 5.74) is 0.827. The van der Waals surface area contributed by atoms with Gasteiger partial charge in [-0.1, -0.05) is 35.2 Å². The van der Waals surface area contributed by atoms with Crippen molar-refractivity contribution in [2.24, 2.45) is 0 Å². The number of hydrogen-bond acceptors (Lipinski definition) is 7. The smallest absolute Gasteiger partial charge is 0.387 e. The summed E-state index contributed by atoms with van der Waals surface area (Å²) in [5.74, 6) is 0.293. The summed E-state index contributed by atoms with van der Waals surface area (Å²) in [4.78, 5) is 15.6. The van der Waals surface area contributed by atoms with Gasteiger partial charge in [0.15, 0.2) is 4.34 Å². The molecule has 0 aliphatic rings. The maximum Gasteiger partial charge on any atom is 0.387 e. The van der Waals surface area contributed by atoms with Gasteiger partial charge < -0.3 is 14.5 Å². The monoisotopic (exact) mass is 388 g/mol. The van der Waals surface area contributed by atoms with Crippen LogP contribution in [0.3, 0.4) is 0 Å². The van der Waals surface area contributed by atoms with Crippen LogP contribution >= 0.6 is 23.1 Å². The second kappa shape index (κ2) is 8.95. The fourth-order valence-electron chi connectivity index (χ4n) is 1.81. The molecule has 0 spiro atoms. The Labute approximate surface area is 152 Å². The Morgan fingerprint density at radius 2 is 1.92 bits per heavy atom. The van der Waals surface area contributed by atoms with E-state index in [4.69, 9.17) is 0 Å². The van der Waals surface area contributed by atoms with Crippen molar-refractivity contribution in [3.63, 3.8) is 0 Å². The van der Waals surface area contributed by atoms with Crippen molar-refractivity contribution in [2.45, 2.75) is 17.5 Å². The molecule has 0 bridgehead atoms. The number of carbonyl (C=O) groups excluding carboxylic acids is 1. The quantitative estimate of drug-likeness (QED) is 0.648. The lowest BCUT2D eigenvalue weighted by Gasteiger charge is -2.17. The minimum atomic E-state index is -2.85. The van der Waals surface area contributed by atoms with E-state index in [0.29, 0.717) is 6.54 Å². The van der Waals surface area contributed by atoms with E-state index in [1.54, 1.807) is 24.1 Å². The van der Waals surface area contributed by atoms with Crippen LogP contribution in [0.5, 0.6) is 5.75 Å². The Morgan fingerprint density at radius 3 is 2.48 bits per heavy atom. The van der Waals surface area contributed by atoms with Gasteiger partial charge in [-0.3, -0.25) is 4.79 Å². The maximum atomic E-state index is 12.2. The van der Waals surface area contributed by atoms with Crippen molar-refractivity contribution in [3.05, 3.63) is 29.8 Å². The van der Waals surface area contributed by atoms with Crippen molar-refractivity contribution < 1.29 is 18.3 Å². The Kier molecular flexibility index (Phi) is 6.94. The molecule has 136 valence electrons. The zero-order valence-corrected chi connectivity index (χ0v) is 15.6. The molecule has 6 nitrogen and oxygen atoms in total. The predicted octanol–water partition coefficient (Wildman–Crippen LogP) is 2.96. The molecule has 1 amide bonds. The van der Waals surface area contributed by atoms with Gasteiger partial charge in [-0.2, -0.15) is 8.78 Å². The Hall–Kier alpha value is -1.94. The zero-order valence-electron chi connectivity index (χ0n) is 14.0. The van der Waals surface area contributed by atoms with E-state index < -0.39 is 6.61 Å². The van der Waals surface area contributed by atoms with E-state index in [0.717, 1.165) is 15.0 Å². The molecular weight excluding hydrogens is 370 g/mol. The number of rotatable bonds is 8. The number of benzene rings is 1. The molecule has 0 saturated heterocycles. The second-order valence-corrected chi connectivity index (χ2v) is 7.48. The first-order valence-electron chi connectivity index (χ1n) is 7.26. The number of amides is 1. The predicted molar refractivity (Wildman–Crippen MR) is 94.5 cm³/mol. The standard InChI is InChI=1S/C15H18F2N4O2S2/c1-20(2)14-18-19-15(25-14)24-9-12(22)21(3)8-10-4-6-11(7-5-10)23-13(16)17/h4-7,13H,8-9H2,1-3H3. The fourth-order valence-corrected chi connectivity index (χ4v) is 3.52. The summed E-state index contributed by atoms with van der Waals surface area (Å²) < 4.78 is 29.3. The van der Waals surface area contributed by atoms with Crippen LogP contribution < -0.4 is 9.64 Å². The summed E-state index contributed by atoms with van der Waals surface area (Å²) in [6.45, 7) is -2.46. The van der Waals surface area contributed by atoms with Crippen LogP contribution in [0.2, 0.25) is 0 Å². The highest BCUT2D eigenvalue weighted by Gasteiger charge is 2.13. The Balaban J connectivity index is 1.83. The molecular formula is C15H18F2N4O2S2. The second-order valence-electron chi connectivity index (χ2n) is 5.31. The van der Waals surface area contributed by atoms with Crippen LogP contribution in [-0.4, -0.2) is 54.5 Å². The molecule has 1 aromatic heterocycles. The van der Waals surface area contributed by atoms with E-state index in [2.05, 4.69) is 14.9 Å². The van der Waals surface area contributed by atoms with Gasteiger partial charge >= 0.3 is 6.61 Å². The average Bonchev–Trinajstić information content (AvgIpc) is 3.03. The normalized spacial score (nSPS) is 10.8. The van der Waals surface area contributed by atoms with Crippen LogP contribution in [0.4, 0.5) is 13.9 Å². The number of alkyl halides is 2. The number of thioether (sulfide) groups is 1. The minimum absolute atomic E-state index is 0.0560. The number of aromatic nitrogens is 2. The molecule has 0 unspecified atom stereocenters. The van der Waals surface area contributed by atoms with Gasteiger partial charge in [-0.15, -0.1) is 10.2 Å². The molecule has 0 atom stereocenters. The highest BCUT2D eigenvalue weighted by atomic mass is 32.2. The third-order valence-electron chi connectivity index (χ3n) is 3.09. The van der Waals surface area contributed by atoms with E-state index in [-0.39, 0.29) is 17.4 Å². The van der Waals surface area contributed by atoms with Crippen molar-refractivity contribution in [3.8, 4) is 5.75 Å². The number of ether oxygens (including phenoxy) is 1. The molecule has 1 aromatic carbocycles. The molecule has 1 heterocycles. The number of nitrogens with zero attached hydrogens (tertiary/aromatic N) is 4. The lowest BCUT2D eigenvalue weighted by Crippen LogP contribution is -2.27. The van der Waals surface area contributed by atoms with Crippen molar-refractivity contribution in [2.75, 3.05) is 31.8 Å². The van der Waals surface area contributed by atoms with Crippen molar-refractivity contribution in [1.82, 2.24) is 15.1 Å². The number of hydrogen-bond donors (Lipinski definition) is 0. The summed E-state index contributed by atoms with van der Waals surface area (Å²) in [5, 5.41) is 8.83. The van der Waals surface area contributed by atoms with Gasteiger partial charge in [0, 0.05) is 27.7 Å². The van der Waals surface area contributed by atoms with Gasteiger partial charge in [0.25, 0.3) is 0 Å². The summed E-state index contributed by atoms with van der Waals surface area (Å²) in [6, 6.07) is 6.22.